The van der Waals surface area contributed by atoms with E-state index in [-0.39, 0.29) is 11.6 Å². The first kappa shape index (κ1) is 14.4. The minimum atomic E-state index is -0.404. The average molecular weight is 251 g/mol. The van der Waals surface area contributed by atoms with Crippen LogP contribution >= 0.6 is 0 Å². The molecule has 0 spiro atoms. The zero-order chi connectivity index (χ0) is 13.9. The first-order valence-electron chi connectivity index (χ1n) is 5.95. The van der Waals surface area contributed by atoms with Crippen LogP contribution in [0.15, 0.2) is 16.8 Å². The number of carbonyl (C=O) groups excluding carboxylic acids is 2. The van der Waals surface area contributed by atoms with Gasteiger partial charge in [-0.15, -0.1) is 0 Å². The topological polar surface area (TPSA) is 75.8 Å². The number of nitrogens with zero attached hydrogens (tertiary/aromatic N) is 2. The Labute approximate surface area is 108 Å². The van der Waals surface area contributed by atoms with Gasteiger partial charge in [-0.3, -0.25) is 14.6 Å². The van der Waals surface area contributed by atoms with Crippen molar-refractivity contribution in [3.8, 4) is 0 Å². The summed E-state index contributed by atoms with van der Waals surface area (Å²) in [5.41, 5.74) is 5.39. The zero-order valence-electron chi connectivity index (χ0n) is 11.5. The summed E-state index contributed by atoms with van der Waals surface area (Å²) in [6.45, 7) is 4.02. The van der Waals surface area contributed by atoms with Crippen molar-refractivity contribution in [2.45, 2.75) is 26.7 Å². The highest BCUT2D eigenvalue weighted by Crippen LogP contribution is 2.34. The van der Waals surface area contributed by atoms with Crippen LogP contribution in [-0.2, 0) is 9.59 Å². The Kier molecular flexibility index (Phi) is 4.27. The maximum atomic E-state index is 12.0. The summed E-state index contributed by atoms with van der Waals surface area (Å²) in [5.74, 6) is 0.269. The van der Waals surface area contributed by atoms with Gasteiger partial charge in [-0.1, -0.05) is 6.92 Å². The maximum Gasteiger partial charge on any atom is 0.168 e. The van der Waals surface area contributed by atoms with Crippen molar-refractivity contribution in [2.24, 2.45) is 16.1 Å². The number of Topliss-reactive ketones (excluding diaryl/α,β-unsaturated/α-hetero) is 2. The van der Waals surface area contributed by atoms with Crippen LogP contribution in [0.5, 0.6) is 0 Å². The molecular formula is C13H21N3O2. The standard InChI is InChI=1S/C13H21N3O2/c1-9(14)15-8-13(2)5-11(17)10(7-16(3)4)12(18)6-13/h7H,5-6,8H2,1-4H3,(H2,14,15). The van der Waals surface area contributed by atoms with Crippen molar-refractivity contribution < 1.29 is 9.59 Å². The lowest BCUT2D eigenvalue weighted by Crippen LogP contribution is -2.36. The van der Waals surface area contributed by atoms with Gasteiger partial charge in [0.2, 0.25) is 0 Å². The number of hydrogen-bond acceptors (Lipinski definition) is 4. The number of aliphatic imine (C=N–C) groups is 1. The molecule has 0 aromatic carbocycles. The Balaban J connectivity index is 2.88. The highest BCUT2D eigenvalue weighted by molar-refractivity contribution is 6.22. The lowest BCUT2D eigenvalue weighted by Gasteiger charge is -2.31. The second kappa shape index (κ2) is 5.33. The molecule has 0 atom stereocenters. The number of ketones is 2. The van der Waals surface area contributed by atoms with Crippen molar-refractivity contribution in [3.05, 3.63) is 11.8 Å². The minimum Gasteiger partial charge on any atom is -0.388 e. The zero-order valence-corrected chi connectivity index (χ0v) is 11.5. The Hall–Kier alpha value is -1.65. The lowest BCUT2D eigenvalue weighted by molar-refractivity contribution is -0.127. The molecule has 18 heavy (non-hydrogen) atoms. The van der Waals surface area contributed by atoms with Crippen LogP contribution < -0.4 is 5.73 Å². The summed E-state index contributed by atoms with van der Waals surface area (Å²) in [5, 5.41) is 0. The molecule has 0 aliphatic heterocycles. The Morgan fingerprint density at radius 3 is 2.28 bits per heavy atom. The number of nitrogens with two attached hydrogens (primary N) is 1. The van der Waals surface area contributed by atoms with Gasteiger partial charge in [-0.05, 0) is 6.92 Å². The molecule has 0 saturated heterocycles. The largest absolute Gasteiger partial charge is 0.388 e. The fraction of sp³-hybridized carbons (Fsp3) is 0.615. The first-order chi connectivity index (χ1) is 8.23. The maximum absolute atomic E-state index is 12.0. The number of carbonyl (C=O) groups is 2. The minimum absolute atomic E-state index is 0.104. The van der Waals surface area contributed by atoms with E-state index < -0.39 is 5.41 Å². The predicted molar refractivity (Wildman–Crippen MR) is 71.3 cm³/mol. The van der Waals surface area contributed by atoms with Crippen LogP contribution in [-0.4, -0.2) is 42.9 Å². The molecule has 1 saturated carbocycles. The molecular weight excluding hydrogens is 230 g/mol. The summed E-state index contributed by atoms with van der Waals surface area (Å²) < 4.78 is 0. The molecule has 0 amide bonds. The fourth-order valence-electron chi connectivity index (χ4n) is 2.01. The second-order valence-corrected chi connectivity index (χ2v) is 5.47. The molecule has 1 aliphatic rings. The highest BCUT2D eigenvalue weighted by Gasteiger charge is 2.38. The molecule has 0 aromatic rings. The lowest BCUT2D eigenvalue weighted by atomic mass is 9.73. The normalized spacial score (nSPS) is 25.3. The molecule has 0 radical (unpaired) electrons. The van der Waals surface area contributed by atoms with Gasteiger partial charge in [0, 0.05) is 45.1 Å². The molecule has 0 unspecified atom stereocenters. The van der Waals surface area contributed by atoms with E-state index in [0.29, 0.717) is 30.8 Å². The van der Waals surface area contributed by atoms with Gasteiger partial charge in [0.15, 0.2) is 11.6 Å². The number of amidine groups is 1. The molecule has 2 N–H and O–H groups in total. The van der Waals surface area contributed by atoms with Crippen molar-refractivity contribution in [1.29, 1.82) is 0 Å². The quantitative estimate of drug-likeness (QED) is 0.347. The molecule has 0 bridgehead atoms. The van der Waals surface area contributed by atoms with Crippen LogP contribution in [0.25, 0.3) is 0 Å². The molecule has 1 fully saturated rings. The SMILES string of the molecule is C/C(N)=N\CC1(C)CC(=O)C(=CN(C)C)C(=O)C1. The van der Waals surface area contributed by atoms with Gasteiger partial charge < -0.3 is 10.6 Å². The van der Waals surface area contributed by atoms with Crippen LogP contribution in [0.2, 0.25) is 0 Å². The van der Waals surface area contributed by atoms with Gasteiger partial charge in [-0.25, -0.2) is 0 Å². The predicted octanol–water partition coefficient (Wildman–Crippen LogP) is 0.747. The highest BCUT2D eigenvalue weighted by atomic mass is 16.2. The van der Waals surface area contributed by atoms with Gasteiger partial charge in [0.25, 0.3) is 0 Å². The number of allylic oxidation sites excluding steroid dienone is 1. The van der Waals surface area contributed by atoms with Gasteiger partial charge >= 0.3 is 0 Å². The van der Waals surface area contributed by atoms with E-state index in [1.807, 2.05) is 6.92 Å². The van der Waals surface area contributed by atoms with Gasteiger partial charge in [0.1, 0.15) is 0 Å². The summed E-state index contributed by atoms with van der Waals surface area (Å²) in [6.07, 6.45) is 2.28. The van der Waals surface area contributed by atoms with Crippen molar-refractivity contribution >= 4 is 17.4 Å². The van der Waals surface area contributed by atoms with Crippen LogP contribution in [0.3, 0.4) is 0 Å². The van der Waals surface area contributed by atoms with E-state index in [1.165, 1.54) is 0 Å². The fourth-order valence-corrected chi connectivity index (χ4v) is 2.01. The Bertz CT molecular complexity index is 398. The monoisotopic (exact) mass is 251 g/mol. The van der Waals surface area contributed by atoms with Crippen LogP contribution in [0.4, 0.5) is 0 Å². The summed E-state index contributed by atoms with van der Waals surface area (Å²) >= 11 is 0. The van der Waals surface area contributed by atoms with E-state index >= 15 is 0 Å². The molecule has 5 heteroatoms. The van der Waals surface area contributed by atoms with Crippen LogP contribution in [0, 0.1) is 5.41 Å². The molecule has 0 heterocycles. The summed E-state index contributed by atoms with van der Waals surface area (Å²) in [6, 6.07) is 0. The van der Waals surface area contributed by atoms with E-state index in [0.717, 1.165) is 0 Å². The third kappa shape index (κ3) is 3.68. The number of hydrogen-bond donors (Lipinski definition) is 1. The molecule has 100 valence electrons. The molecule has 1 aliphatic carbocycles. The second-order valence-electron chi connectivity index (χ2n) is 5.47. The number of rotatable bonds is 3. The average Bonchev–Trinajstić information content (AvgIpc) is 2.21. The third-order valence-electron chi connectivity index (χ3n) is 2.87. The molecule has 0 aromatic heterocycles. The smallest absolute Gasteiger partial charge is 0.168 e. The summed E-state index contributed by atoms with van der Waals surface area (Å²) in [4.78, 5) is 29.9. The van der Waals surface area contributed by atoms with E-state index in [4.69, 9.17) is 5.73 Å². The van der Waals surface area contributed by atoms with Crippen molar-refractivity contribution in [1.82, 2.24) is 4.90 Å². The summed E-state index contributed by atoms with van der Waals surface area (Å²) in [7, 11) is 3.59. The van der Waals surface area contributed by atoms with E-state index in [1.54, 1.807) is 32.1 Å². The van der Waals surface area contributed by atoms with E-state index in [9.17, 15) is 9.59 Å². The van der Waals surface area contributed by atoms with Gasteiger partial charge in [0.05, 0.1) is 11.4 Å². The third-order valence-corrected chi connectivity index (χ3v) is 2.87. The first-order valence-corrected chi connectivity index (χ1v) is 5.95. The molecule has 5 nitrogen and oxygen atoms in total. The van der Waals surface area contributed by atoms with Crippen molar-refractivity contribution in [2.75, 3.05) is 20.6 Å². The molecule has 1 rings (SSSR count). The van der Waals surface area contributed by atoms with E-state index in [2.05, 4.69) is 4.99 Å². The Morgan fingerprint density at radius 2 is 1.89 bits per heavy atom. The van der Waals surface area contributed by atoms with Gasteiger partial charge in [-0.2, -0.15) is 0 Å². The van der Waals surface area contributed by atoms with Crippen molar-refractivity contribution in [3.63, 3.8) is 0 Å². The van der Waals surface area contributed by atoms with Crippen LogP contribution in [0.1, 0.15) is 26.7 Å². The Morgan fingerprint density at radius 1 is 1.39 bits per heavy atom.